The molecular formula is C18H26O4. The number of hydrogen-bond acceptors (Lipinski definition) is 4. The maximum Gasteiger partial charge on any atom is 0.305 e. The SMILES string of the molecule is CCc1cc(OC)ccc1OCC1COC(=O)CCC1CC. The number of carbonyl (C=O) groups is 1. The van der Waals surface area contributed by atoms with Crippen molar-refractivity contribution in [2.45, 2.75) is 39.5 Å². The van der Waals surface area contributed by atoms with E-state index in [-0.39, 0.29) is 11.9 Å². The lowest BCUT2D eigenvalue weighted by Crippen LogP contribution is -2.24. The minimum absolute atomic E-state index is 0.0837. The van der Waals surface area contributed by atoms with Gasteiger partial charge in [0.15, 0.2) is 0 Å². The van der Waals surface area contributed by atoms with E-state index >= 15 is 0 Å². The summed E-state index contributed by atoms with van der Waals surface area (Å²) in [6.45, 7) is 5.32. The van der Waals surface area contributed by atoms with Gasteiger partial charge in [-0.3, -0.25) is 4.79 Å². The van der Waals surface area contributed by atoms with Gasteiger partial charge in [0.2, 0.25) is 0 Å². The van der Waals surface area contributed by atoms with E-state index in [1.165, 1.54) is 0 Å². The molecule has 1 aliphatic heterocycles. The van der Waals surface area contributed by atoms with E-state index in [1.807, 2.05) is 18.2 Å². The second-order valence-corrected chi connectivity index (χ2v) is 5.79. The van der Waals surface area contributed by atoms with Crippen LogP contribution in [-0.2, 0) is 16.0 Å². The summed E-state index contributed by atoms with van der Waals surface area (Å²) in [4.78, 5) is 11.5. The van der Waals surface area contributed by atoms with Crippen LogP contribution in [0.2, 0.25) is 0 Å². The molecule has 1 aliphatic rings. The van der Waals surface area contributed by atoms with Gasteiger partial charge in [-0.05, 0) is 42.5 Å². The average molecular weight is 306 g/mol. The largest absolute Gasteiger partial charge is 0.497 e. The Balaban J connectivity index is 2.03. The maximum absolute atomic E-state index is 11.5. The van der Waals surface area contributed by atoms with Gasteiger partial charge in [-0.25, -0.2) is 0 Å². The van der Waals surface area contributed by atoms with Crippen LogP contribution in [0.4, 0.5) is 0 Å². The normalized spacial score (nSPS) is 21.9. The fourth-order valence-corrected chi connectivity index (χ4v) is 2.97. The van der Waals surface area contributed by atoms with E-state index in [4.69, 9.17) is 14.2 Å². The van der Waals surface area contributed by atoms with Crippen molar-refractivity contribution in [3.05, 3.63) is 23.8 Å². The molecule has 1 saturated heterocycles. The molecule has 0 bridgehead atoms. The molecule has 22 heavy (non-hydrogen) atoms. The van der Waals surface area contributed by atoms with Gasteiger partial charge in [0.1, 0.15) is 11.5 Å². The molecule has 0 saturated carbocycles. The van der Waals surface area contributed by atoms with Crippen LogP contribution < -0.4 is 9.47 Å². The van der Waals surface area contributed by atoms with Crippen LogP contribution in [0.5, 0.6) is 11.5 Å². The van der Waals surface area contributed by atoms with Crippen molar-refractivity contribution in [3.63, 3.8) is 0 Å². The molecule has 2 atom stereocenters. The Kier molecular flexibility index (Phi) is 6.10. The zero-order valence-electron chi connectivity index (χ0n) is 13.8. The standard InChI is InChI=1S/C18H26O4/c1-4-13-6-9-18(19)22-12-15(13)11-21-17-8-7-16(20-3)10-14(17)5-2/h7-8,10,13,15H,4-6,9,11-12H2,1-3H3. The van der Waals surface area contributed by atoms with E-state index in [9.17, 15) is 4.79 Å². The quantitative estimate of drug-likeness (QED) is 0.753. The number of carbonyl (C=O) groups excluding carboxylic acids is 1. The lowest BCUT2D eigenvalue weighted by Gasteiger charge is -2.23. The molecule has 1 fully saturated rings. The topological polar surface area (TPSA) is 44.8 Å². The Morgan fingerprint density at radius 1 is 1.27 bits per heavy atom. The molecule has 0 amide bonds. The van der Waals surface area contributed by atoms with Gasteiger partial charge >= 0.3 is 5.97 Å². The molecule has 0 radical (unpaired) electrons. The van der Waals surface area contributed by atoms with Crippen molar-refractivity contribution in [2.75, 3.05) is 20.3 Å². The molecule has 1 aromatic carbocycles. The molecule has 2 rings (SSSR count). The van der Waals surface area contributed by atoms with E-state index in [0.29, 0.717) is 25.6 Å². The molecule has 1 heterocycles. The first-order chi connectivity index (χ1) is 10.7. The molecule has 0 aromatic heterocycles. The second kappa shape index (κ2) is 8.06. The summed E-state index contributed by atoms with van der Waals surface area (Å²) < 4.78 is 16.6. The number of aryl methyl sites for hydroxylation is 1. The van der Waals surface area contributed by atoms with Crippen molar-refractivity contribution < 1.29 is 19.0 Å². The summed E-state index contributed by atoms with van der Waals surface area (Å²) in [6, 6.07) is 5.89. The number of hydrogen-bond donors (Lipinski definition) is 0. The zero-order chi connectivity index (χ0) is 15.9. The van der Waals surface area contributed by atoms with Crippen LogP contribution in [0.3, 0.4) is 0 Å². The zero-order valence-corrected chi connectivity index (χ0v) is 13.8. The first-order valence-electron chi connectivity index (χ1n) is 8.13. The van der Waals surface area contributed by atoms with Gasteiger partial charge in [-0.15, -0.1) is 0 Å². The molecule has 0 aliphatic carbocycles. The summed E-state index contributed by atoms with van der Waals surface area (Å²) in [6.07, 6.45) is 3.36. The number of ether oxygens (including phenoxy) is 3. The summed E-state index contributed by atoms with van der Waals surface area (Å²) in [5.74, 6) is 2.41. The molecular weight excluding hydrogens is 280 g/mol. The third-order valence-electron chi connectivity index (χ3n) is 4.47. The van der Waals surface area contributed by atoms with E-state index in [1.54, 1.807) is 7.11 Å². The van der Waals surface area contributed by atoms with Crippen LogP contribution in [-0.4, -0.2) is 26.3 Å². The summed E-state index contributed by atoms with van der Waals surface area (Å²) in [5.41, 5.74) is 1.14. The third-order valence-corrected chi connectivity index (χ3v) is 4.47. The molecule has 122 valence electrons. The molecule has 4 heteroatoms. The van der Waals surface area contributed by atoms with Gasteiger partial charge in [-0.2, -0.15) is 0 Å². The number of benzene rings is 1. The maximum atomic E-state index is 11.5. The molecule has 4 nitrogen and oxygen atoms in total. The van der Waals surface area contributed by atoms with Crippen LogP contribution in [0, 0.1) is 11.8 Å². The predicted molar refractivity (Wildman–Crippen MR) is 85.3 cm³/mol. The van der Waals surface area contributed by atoms with Crippen molar-refractivity contribution in [3.8, 4) is 11.5 Å². The fraction of sp³-hybridized carbons (Fsp3) is 0.611. The monoisotopic (exact) mass is 306 g/mol. The van der Waals surface area contributed by atoms with Crippen LogP contribution in [0.1, 0.15) is 38.7 Å². The lowest BCUT2D eigenvalue weighted by atomic mass is 9.88. The summed E-state index contributed by atoms with van der Waals surface area (Å²) >= 11 is 0. The molecule has 1 aromatic rings. The van der Waals surface area contributed by atoms with Crippen LogP contribution in [0.15, 0.2) is 18.2 Å². The molecule has 0 spiro atoms. The third kappa shape index (κ3) is 4.15. The van der Waals surface area contributed by atoms with Crippen molar-refractivity contribution >= 4 is 5.97 Å². The Hall–Kier alpha value is -1.71. The van der Waals surface area contributed by atoms with Crippen molar-refractivity contribution in [1.82, 2.24) is 0 Å². The van der Waals surface area contributed by atoms with E-state index in [0.717, 1.165) is 36.3 Å². The summed E-state index contributed by atoms with van der Waals surface area (Å²) in [5, 5.41) is 0. The number of cyclic esters (lactones) is 1. The highest BCUT2D eigenvalue weighted by Gasteiger charge is 2.27. The van der Waals surface area contributed by atoms with Gasteiger partial charge in [-0.1, -0.05) is 20.3 Å². The molecule has 2 unspecified atom stereocenters. The van der Waals surface area contributed by atoms with Crippen LogP contribution in [0.25, 0.3) is 0 Å². The van der Waals surface area contributed by atoms with Gasteiger partial charge in [0.05, 0.1) is 20.3 Å². The number of methoxy groups -OCH3 is 1. The minimum Gasteiger partial charge on any atom is -0.497 e. The fourth-order valence-electron chi connectivity index (χ4n) is 2.97. The Bertz CT molecular complexity index is 498. The van der Waals surface area contributed by atoms with Gasteiger partial charge in [0.25, 0.3) is 0 Å². The highest BCUT2D eigenvalue weighted by Crippen LogP contribution is 2.29. The first kappa shape index (κ1) is 16.7. The molecule has 0 N–H and O–H groups in total. The first-order valence-corrected chi connectivity index (χ1v) is 8.13. The minimum atomic E-state index is -0.0837. The van der Waals surface area contributed by atoms with Gasteiger partial charge < -0.3 is 14.2 Å². The van der Waals surface area contributed by atoms with Gasteiger partial charge in [0, 0.05) is 12.3 Å². The number of esters is 1. The highest BCUT2D eigenvalue weighted by molar-refractivity contribution is 5.69. The van der Waals surface area contributed by atoms with Crippen molar-refractivity contribution in [1.29, 1.82) is 0 Å². The Labute approximate surface area is 132 Å². The Morgan fingerprint density at radius 3 is 2.77 bits per heavy atom. The second-order valence-electron chi connectivity index (χ2n) is 5.79. The Morgan fingerprint density at radius 2 is 2.09 bits per heavy atom. The smallest absolute Gasteiger partial charge is 0.305 e. The van der Waals surface area contributed by atoms with Crippen molar-refractivity contribution in [2.24, 2.45) is 11.8 Å². The predicted octanol–water partition coefficient (Wildman–Crippen LogP) is 3.62. The average Bonchev–Trinajstić information content (AvgIpc) is 2.74. The number of rotatable bonds is 6. The van der Waals surface area contributed by atoms with E-state index in [2.05, 4.69) is 13.8 Å². The highest BCUT2D eigenvalue weighted by atomic mass is 16.5. The summed E-state index contributed by atoms with van der Waals surface area (Å²) in [7, 11) is 1.67. The van der Waals surface area contributed by atoms with Crippen LogP contribution >= 0.6 is 0 Å². The lowest BCUT2D eigenvalue weighted by molar-refractivity contribution is -0.143. The van der Waals surface area contributed by atoms with E-state index < -0.39 is 0 Å².